The molecule has 0 spiro atoms. The van der Waals surface area contributed by atoms with Crippen LogP contribution in [0.2, 0.25) is 0 Å². The van der Waals surface area contributed by atoms with Crippen molar-refractivity contribution in [1.29, 1.82) is 0 Å². The molecule has 6 nitrogen and oxygen atoms in total. The van der Waals surface area contributed by atoms with Gasteiger partial charge < -0.3 is 29.0 Å². The summed E-state index contributed by atoms with van der Waals surface area (Å²) in [7, 11) is 3.34. The molecule has 0 fully saturated rings. The molecule has 0 aromatic heterocycles. The minimum absolute atomic E-state index is 0.0651. The molecule has 0 aromatic carbocycles. The lowest BCUT2D eigenvalue weighted by molar-refractivity contribution is -0.0370. The largest absolute Gasteiger partial charge is 0.382 e. The number of rotatable bonds is 16. The summed E-state index contributed by atoms with van der Waals surface area (Å²) in [5.74, 6) is 0.634. The SMILES string of the molecule is COCCOCCOCCOC(CNCC(C)C)COC. The molecule has 0 saturated carbocycles. The highest BCUT2D eigenvalue weighted by atomic mass is 16.6. The van der Waals surface area contributed by atoms with E-state index in [0.29, 0.717) is 52.2 Å². The standard InChI is InChI=1S/C15H33NO5/c1-14(2)11-16-12-15(13-18-4)21-10-9-20-8-7-19-6-5-17-3/h14-16H,5-13H2,1-4H3. The molecular weight excluding hydrogens is 274 g/mol. The van der Waals surface area contributed by atoms with Crippen LogP contribution in [0.5, 0.6) is 0 Å². The van der Waals surface area contributed by atoms with Crippen molar-refractivity contribution in [3.63, 3.8) is 0 Å². The van der Waals surface area contributed by atoms with Crippen LogP contribution in [0.25, 0.3) is 0 Å². The van der Waals surface area contributed by atoms with E-state index in [9.17, 15) is 0 Å². The quantitative estimate of drug-likeness (QED) is 0.428. The molecule has 1 unspecified atom stereocenters. The first-order valence-corrected chi connectivity index (χ1v) is 7.66. The maximum Gasteiger partial charge on any atom is 0.0933 e. The van der Waals surface area contributed by atoms with E-state index in [0.717, 1.165) is 13.1 Å². The van der Waals surface area contributed by atoms with Gasteiger partial charge in [0.05, 0.1) is 52.4 Å². The molecular formula is C15H33NO5. The van der Waals surface area contributed by atoms with E-state index in [1.807, 2.05) is 0 Å². The van der Waals surface area contributed by atoms with E-state index in [2.05, 4.69) is 19.2 Å². The minimum atomic E-state index is 0.0651. The van der Waals surface area contributed by atoms with Gasteiger partial charge in [0.15, 0.2) is 0 Å². The Kier molecular flexibility index (Phi) is 16.0. The van der Waals surface area contributed by atoms with E-state index in [4.69, 9.17) is 23.7 Å². The van der Waals surface area contributed by atoms with Gasteiger partial charge in [-0.2, -0.15) is 0 Å². The summed E-state index contributed by atoms with van der Waals surface area (Å²) in [4.78, 5) is 0. The maximum absolute atomic E-state index is 5.74. The van der Waals surface area contributed by atoms with Gasteiger partial charge in [0, 0.05) is 20.8 Å². The lowest BCUT2D eigenvalue weighted by atomic mass is 10.2. The number of ether oxygens (including phenoxy) is 5. The first-order valence-electron chi connectivity index (χ1n) is 7.66. The van der Waals surface area contributed by atoms with Gasteiger partial charge in [0.1, 0.15) is 0 Å². The predicted octanol–water partition coefficient (Wildman–Crippen LogP) is 0.943. The van der Waals surface area contributed by atoms with E-state index in [-0.39, 0.29) is 6.10 Å². The van der Waals surface area contributed by atoms with Gasteiger partial charge in [-0.3, -0.25) is 0 Å². The summed E-state index contributed by atoms with van der Waals surface area (Å²) < 4.78 is 26.5. The Bertz CT molecular complexity index is 205. The molecule has 1 N–H and O–H groups in total. The van der Waals surface area contributed by atoms with E-state index >= 15 is 0 Å². The fraction of sp³-hybridized carbons (Fsp3) is 1.00. The monoisotopic (exact) mass is 307 g/mol. The smallest absolute Gasteiger partial charge is 0.0933 e. The second kappa shape index (κ2) is 16.1. The summed E-state index contributed by atoms with van der Waals surface area (Å²) in [6, 6.07) is 0. The molecule has 0 aromatic rings. The van der Waals surface area contributed by atoms with Gasteiger partial charge >= 0.3 is 0 Å². The van der Waals surface area contributed by atoms with E-state index in [1.165, 1.54) is 0 Å². The molecule has 0 rings (SSSR count). The van der Waals surface area contributed by atoms with Crippen LogP contribution in [0.1, 0.15) is 13.8 Å². The molecule has 0 aliphatic heterocycles. The first-order chi connectivity index (χ1) is 10.2. The van der Waals surface area contributed by atoms with Crippen LogP contribution in [-0.4, -0.2) is 79.7 Å². The molecule has 0 saturated heterocycles. The highest BCUT2D eigenvalue weighted by Crippen LogP contribution is 1.94. The lowest BCUT2D eigenvalue weighted by Gasteiger charge is -2.18. The normalized spacial score (nSPS) is 13.0. The summed E-state index contributed by atoms with van der Waals surface area (Å²) in [5.41, 5.74) is 0. The Morgan fingerprint density at radius 2 is 1.38 bits per heavy atom. The topological polar surface area (TPSA) is 58.2 Å². The maximum atomic E-state index is 5.74. The zero-order chi connectivity index (χ0) is 15.8. The van der Waals surface area contributed by atoms with Crippen molar-refractivity contribution >= 4 is 0 Å². The molecule has 128 valence electrons. The fourth-order valence-electron chi connectivity index (χ4n) is 1.62. The van der Waals surface area contributed by atoms with Crippen molar-refractivity contribution in [2.75, 3.05) is 73.6 Å². The van der Waals surface area contributed by atoms with Crippen molar-refractivity contribution < 1.29 is 23.7 Å². The average Bonchev–Trinajstić information content (AvgIpc) is 2.45. The first kappa shape index (κ1) is 20.8. The summed E-state index contributed by atoms with van der Waals surface area (Å²) >= 11 is 0. The van der Waals surface area contributed by atoms with E-state index in [1.54, 1.807) is 14.2 Å². The van der Waals surface area contributed by atoms with Gasteiger partial charge in [-0.15, -0.1) is 0 Å². The van der Waals surface area contributed by atoms with Gasteiger partial charge in [-0.1, -0.05) is 13.8 Å². The molecule has 0 radical (unpaired) electrons. The third kappa shape index (κ3) is 16.0. The van der Waals surface area contributed by atoms with Gasteiger partial charge in [0.2, 0.25) is 0 Å². The van der Waals surface area contributed by atoms with Crippen LogP contribution in [0.15, 0.2) is 0 Å². The van der Waals surface area contributed by atoms with Crippen molar-refractivity contribution in [2.45, 2.75) is 20.0 Å². The summed E-state index contributed by atoms with van der Waals surface area (Å²) in [5, 5.41) is 3.37. The van der Waals surface area contributed by atoms with Crippen LogP contribution in [0, 0.1) is 5.92 Å². The van der Waals surface area contributed by atoms with Crippen LogP contribution in [-0.2, 0) is 23.7 Å². The number of nitrogens with one attached hydrogen (secondary N) is 1. The fourth-order valence-corrected chi connectivity index (χ4v) is 1.62. The molecule has 0 heterocycles. The second-order valence-corrected chi connectivity index (χ2v) is 5.22. The number of hydrogen-bond donors (Lipinski definition) is 1. The second-order valence-electron chi connectivity index (χ2n) is 5.22. The lowest BCUT2D eigenvalue weighted by Crippen LogP contribution is -2.35. The third-order valence-electron chi connectivity index (χ3n) is 2.66. The van der Waals surface area contributed by atoms with Crippen molar-refractivity contribution in [2.24, 2.45) is 5.92 Å². The molecule has 0 bridgehead atoms. The van der Waals surface area contributed by atoms with E-state index < -0.39 is 0 Å². The molecule has 1 atom stereocenters. The Balaban J connectivity index is 3.42. The van der Waals surface area contributed by atoms with Gasteiger partial charge in [0.25, 0.3) is 0 Å². The third-order valence-corrected chi connectivity index (χ3v) is 2.66. The van der Waals surface area contributed by atoms with Gasteiger partial charge in [-0.25, -0.2) is 0 Å². The van der Waals surface area contributed by atoms with Crippen molar-refractivity contribution in [3.8, 4) is 0 Å². The van der Waals surface area contributed by atoms with Crippen LogP contribution >= 0.6 is 0 Å². The Labute approximate surface area is 129 Å². The molecule has 0 aliphatic carbocycles. The Morgan fingerprint density at radius 1 is 0.762 bits per heavy atom. The number of hydrogen-bond acceptors (Lipinski definition) is 6. The zero-order valence-corrected chi connectivity index (χ0v) is 14.1. The zero-order valence-electron chi connectivity index (χ0n) is 14.1. The molecule has 21 heavy (non-hydrogen) atoms. The van der Waals surface area contributed by atoms with Crippen molar-refractivity contribution in [1.82, 2.24) is 5.32 Å². The Morgan fingerprint density at radius 3 is 1.95 bits per heavy atom. The van der Waals surface area contributed by atoms with Crippen LogP contribution in [0.4, 0.5) is 0 Å². The highest BCUT2D eigenvalue weighted by molar-refractivity contribution is 4.62. The van der Waals surface area contributed by atoms with Crippen molar-refractivity contribution in [3.05, 3.63) is 0 Å². The highest BCUT2D eigenvalue weighted by Gasteiger charge is 2.08. The summed E-state index contributed by atoms with van der Waals surface area (Å²) in [6.07, 6.45) is 0.0651. The predicted molar refractivity (Wildman–Crippen MR) is 82.8 cm³/mol. The molecule has 6 heteroatoms. The van der Waals surface area contributed by atoms with Crippen LogP contribution in [0.3, 0.4) is 0 Å². The average molecular weight is 307 g/mol. The molecule has 0 amide bonds. The van der Waals surface area contributed by atoms with Gasteiger partial charge in [-0.05, 0) is 12.5 Å². The minimum Gasteiger partial charge on any atom is -0.382 e. The summed E-state index contributed by atoms with van der Waals surface area (Å²) in [6.45, 7) is 10.3. The Hall–Kier alpha value is -0.240. The number of methoxy groups -OCH3 is 2. The molecule has 0 aliphatic rings. The van der Waals surface area contributed by atoms with Crippen LogP contribution < -0.4 is 5.32 Å².